The first-order chi connectivity index (χ1) is 10.0. The molecular formula is C15H13FN2OS2. The summed E-state index contributed by atoms with van der Waals surface area (Å²) in [5.41, 5.74) is 1.43. The Hall–Kier alpha value is -1.84. The zero-order chi connectivity index (χ0) is 15.4. The van der Waals surface area contributed by atoms with Gasteiger partial charge in [-0.3, -0.25) is 4.79 Å². The van der Waals surface area contributed by atoms with E-state index in [2.05, 4.69) is 11.4 Å². The molecule has 21 heavy (non-hydrogen) atoms. The van der Waals surface area contributed by atoms with E-state index in [4.69, 9.17) is 5.26 Å². The number of benzene rings is 1. The lowest BCUT2D eigenvalue weighted by atomic mass is 10.2. The number of hydrogen-bond donors (Lipinski definition) is 1. The van der Waals surface area contributed by atoms with E-state index >= 15 is 0 Å². The number of nitriles is 1. The van der Waals surface area contributed by atoms with E-state index in [1.807, 2.05) is 13.8 Å². The van der Waals surface area contributed by atoms with Gasteiger partial charge in [-0.25, -0.2) is 4.39 Å². The Morgan fingerprint density at radius 1 is 1.38 bits per heavy atom. The lowest BCUT2D eigenvalue weighted by Crippen LogP contribution is -2.13. The third-order valence-electron chi connectivity index (χ3n) is 2.93. The van der Waals surface area contributed by atoms with Crippen LogP contribution in [0.5, 0.6) is 0 Å². The fourth-order valence-corrected chi connectivity index (χ4v) is 3.42. The molecule has 0 aliphatic carbocycles. The third-order valence-corrected chi connectivity index (χ3v) is 5.07. The zero-order valence-corrected chi connectivity index (χ0v) is 13.2. The number of nitrogens with zero attached hydrogens (tertiary/aromatic N) is 1. The summed E-state index contributed by atoms with van der Waals surface area (Å²) in [6.07, 6.45) is 0. The molecule has 0 aliphatic heterocycles. The second-order valence-electron chi connectivity index (χ2n) is 4.39. The van der Waals surface area contributed by atoms with Crippen molar-refractivity contribution in [2.75, 3.05) is 11.1 Å². The fraction of sp³-hybridized carbons (Fsp3) is 0.200. The quantitative estimate of drug-likeness (QED) is 0.863. The first kappa shape index (κ1) is 15.5. The number of rotatable bonds is 4. The van der Waals surface area contributed by atoms with Crippen molar-refractivity contribution in [2.24, 2.45) is 0 Å². The van der Waals surface area contributed by atoms with Crippen LogP contribution in [0.2, 0.25) is 0 Å². The van der Waals surface area contributed by atoms with Crippen molar-refractivity contribution in [1.29, 1.82) is 5.26 Å². The Labute approximate surface area is 130 Å². The minimum atomic E-state index is -0.299. The Balaban J connectivity index is 1.98. The molecule has 2 aromatic rings. The maximum Gasteiger partial charge on any atom is 0.235 e. The van der Waals surface area contributed by atoms with Crippen LogP contribution in [0.4, 0.5) is 9.39 Å². The molecule has 1 heterocycles. The van der Waals surface area contributed by atoms with Crippen molar-refractivity contribution in [3.05, 3.63) is 46.1 Å². The number of anilines is 1. The number of hydrogen-bond acceptors (Lipinski definition) is 4. The van der Waals surface area contributed by atoms with Gasteiger partial charge in [0.05, 0.1) is 11.3 Å². The number of amides is 1. The van der Waals surface area contributed by atoms with Crippen molar-refractivity contribution >= 4 is 34.0 Å². The van der Waals surface area contributed by atoms with Crippen LogP contribution in [0.25, 0.3) is 0 Å². The van der Waals surface area contributed by atoms with Crippen molar-refractivity contribution in [1.82, 2.24) is 0 Å². The molecule has 6 heteroatoms. The smallest absolute Gasteiger partial charge is 0.235 e. The van der Waals surface area contributed by atoms with E-state index in [0.29, 0.717) is 10.6 Å². The Kier molecular flexibility index (Phi) is 4.99. The van der Waals surface area contributed by atoms with Gasteiger partial charge in [-0.15, -0.1) is 23.1 Å². The van der Waals surface area contributed by atoms with Gasteiger partial charge in [0.15, 0.2) is 0 Å². The highest BCUT2D eigenvalue weighted by Crippen LogP contribution is 2.31. The lowest BCUT2D eigenvalue weighted by Gasteiger charge is -2.03. The van der Waals surface area contributed by atoms with E-state index in [1.54, 1.807) is 12.1 Å². The molecule has 0 atom stereocenters. The van der Waals surface area contributed by atoms with Crippen LogP contribution in [0.1, 0.15) is 16.0 Å². The molecule has 1 N–H and O–H groups in total. The van der Waals surface area contributed by atoms with Crippen molar-refractivity contribution in [2.45, 2.75) is 18.7 Å². The largest absolute Gasteiger partial charge is 0.316 e. The van der Waals surface area contributed by atoms with Crippen molar-refractivity contribution in [3.8, 4) is 6.07 Å². The van der Waals surface area contributed by atoms with E-state index in [1.165, 1.54) is 35.2 Å². The standard InChI is InChI=1S/C15H13FN2OS2/c1-9-10(2)21-15(13(9)7-17)18-14(19)8-20-12-5-3-11(16)4-6-12/h3-6H,8H2,1-2H3,(H,18,19). The average Bonchev–Trinajstić information content (AvgIpc) is 2.72. The lowest BCUT2D eigenvalue weighted by molar-refractivity contribution is -0.113. The van der Waals surface area contributed by atoms with E-state index < -0.39 is 0 Å². The molecule has 0 radical (unpaired) electrons. The Morgan fingerprint density at radius 2 is 2.05 bits per heavy atom. The topological polar surface area (TPSA) is 52.9 Å². The van der Waals surface area contributed by atoms with E-state index in [-0.39, 0.29) is 17.5 Å². The fourth-order valence-electron chi connectivity index (χ4n) is 1.69. The molecular weight excluding hydrogens is 307 g/mol. The summed E-state index contributed by atoms with van der Waals surface area (Å²) in [5.74, 6) is -0.263. The zero-order valence-electron chi connectivity index (χ0n) is 11.6. The Bertz CT molecular complexity index is 702. The number of nitrogens with one attached hydrogen (secondary N) is 1. The minimum Gasteiger partial charge on any atom is -0.316 e. The Morgan fingerprint density at radius 3 is 2.67 bits per heavy atom. The van der Waals surface area contributed by atoms with Crippen molar-refractivity contribution < 1.29 is 9.18 Å². The first-order valence-corrected chi connectivity index (χ1v) is 7.99. The second kappa shape index (κ2) is 6.74. The van der Waals surface area contributed by atoms with Gasteiger partial charge in [-0.05, 0) is 43.7 Å². The van der Waals surface area contributed by atoms with E-state index in [9.17, 15) is 9.18 Å². The molecule has 0 saturated carbocycles. The molecule has 0 saturated heterocycles. The van der Waals surface area contributed by atoms with Crippen LogP contribution >= 0.6 is 23.1 Å². The molecule has 0 aliphatic rings. The average molecular weight is 320 g/mol. The van der Waals surface area contributed by atoms with Gasteiger partial charge in [-0.1, -0.05) is 0 Å². The summed E-state index contributed by atoms with van der Waals surface area (Å²) in [6.45, 7) is 3.79. The highest BCUT2D eigenvalue weighted by atomic mass is 32.2. The number of carbonyl (C=O) groups excluding carboxylic acids is 1. The number of carbonyl (C=O) groups is 1. The molecule has 1 aromatic heterocycles. The maximum absolute atomic E-state index is 12.8. The van der Waals surface area contributed by atoms with Gasteiger partial charge >= 0.3 is 0 Å². The summed E-state index contributed by atoms with van der Waals surface area (Å²) < 4.78 is 12.8. The van der Waals surface area contributed by atoms with Gasteiger partial charge in [-0.2, -0.15) is 5.26 Å². The molecule has 0 bridgehead atoms. The first-order valence-electron chi connectivity index (χ1n) is 6.19. The van der Waals surface area contributed by atoms with Gasteiger partial charge < -0.3 is 5.32 Å². The highest BCUT2D eigenvalue weighted by molar-refractivity contribution is 8.00. The summed E-state index contributed by atoms with van der Waals surface area (Å²) in [5, 5.41) is 12.5. The maximum atomic E-state index is 12.8. The summed E-state index contributed by atoms with van der Waals surface area (Å²) >= 11 is 2.73. The van der Waals surface area contributed by atoms with Gasteiger partial charge in [0, 0.05) is 9.77 Å². The van der Waals surface area contributed by atoms with Crippen LogP contribution in [0.3, 0.4) is 0 Å². The number of thiophene rings is 1. The van der Waals surface area contributed by atoms with Crippen molar-refractivity contribution in [3.63, 3.8) is 0 Å². The monoisotopic (exact) mass is 320 g/mol. The van der Waals surface area contributed by atoms with Gasteiger partial charge in [0.1, 0.15) is 16.9 Å². The predicted molar refractivity (Wildman–Crippen MR) is 84.3 cm³/mol. The van der Waals surface area contributed by atoms with Crippen LogP contribution < -0.4 is 5.32 Å². The SMILES string of the molecule is Cc1sc(NC(=O)CSc2ccc(F)cc2)c(C#N)c1C. The number of halogens is 1. The molecule has 1 amide bonds. The molecule has 3 nitrogen and oxygen atoms in total. The summed E-state index contributed by atoms with van der Waals surface area (Å²) in [7, 11) is 0. The number of thioether (sulfide) groups is 1. The van der Waals surface area contributed by atoms with Gasteiger partial charge in [0.25, 0.3) is 0 Å². The second-order valence-corrected chi connectivity index (χ2v) is 6.66. The minimum absolute atomic E-state index is 0.179. The van der Waals surface area contributed by atoms with Crippen LogP contribution in [0, 0.1) is 31.0 Å². The normalized spacial score (nSPS) is 10.2. The van der Waals surface area contributed by atoms with Crippen LogP contribution in [-0.4, -0.2) is 11.7 Å². The highest BCUT2D eigenvalue weighted by Gasteiger charge is 2.14. The van der Waals surface area contributed by atoms with E-state index in [0.717, 1.165) is 15.3 Å². The van der Waals surface area contributed by atoms with Crippen LogP contribution in [0.15, 0.2) is 29.2 Å². The molecule has 2 rings (SSSR count). The number of aryl methyl sites for hydroxylation is 1. The molecule has 1 aromatic carbocycles. The van der Waals surface area contributed by atoms with Crippen LogP contribution in [-0.2, 0) is 4.79 Å². The summed E-state index contributed by atoms with van der Waals surface area (Å²) in [6, 6.07) is 8.10. The molecule has 0 unspecified atom stereocenters. The summed E-state index contributed by atoms with van der Waals surface area (Å²) in [4.78, 5) is 13.8. The third kappa shape index (κ3) is 3.84. The predicted octanol–water partition coefficient (Wildman–Crippen LogP) is 4.11. The van der Waals surface area contributed by atoms with Gasteiger partial charge in [0.2, 0.25) is 5.91 Å². The molecule has 0 spiro atoms. The molecule has 108 valence electrons. The molecule has 0 fully saturated rings.